The van der Waals surface area contributed by atoms with Gasteiger partial charge in [-0.25, -0.2) is 9.97 Å². The van der Waals surface area contributed by atoms with Crippen molar-refractivity contribution in [1.82, 2.24) is 29.4 Å². The number of benzene rings is 2. The predicted molar refractivity (Wildman–Crippen MR) is 247 cm³/mol. The third-order valence-corrected chi connectivity index (χ3v) is 13.6. The highest BCUT2D eigenvalue weighted by molar-refractivity contribution is 7.86. The van der Waals surface area contributed by atoms with Crippen LogP contribution < -0.4 is 31.3 Å². The molecule has 0 radical (unpaired) electrons. The summed E-state index contributed by atoms with van der Waals surface area (Å²) in [6.07, 6.45) is 0.934. The molecule has 2 amide bonds. The van der Waals surface area contributed by atoms with E-state index in [0.29, 0.717) is 71.2 Å². The number of rotatable bonds is 10. The second kappa shape index (κ2) is 18.2. The third-order valence-electron chi connectivity index (χ3n) is 10.8. The number of fused-ring (bicyclic) bond motifs is 10. The molecular weight excluding hydrogens is 885 g/mol. The van der Waals surface area contributed by atoms with Gasteiger partial charge in [0.25, 0.3) is 21.9 Å². The minimum atomic E-state index is -3.62. The number of anilines is 2. The largest absolute Gasteiger partial charge is 0.395 e. The second-order valence-electron chi connectivity index (χ2n) is 14.9. The summed E-state index contributed by atoms with van der Waals surface area (Å²) in [6.45, 7) is 4.99. The Morgan fingerprint density at radius 2 is 1.12 bits per heavy atom. The van der Waals surface area contributed by atoms with Crippen LogP contribution >= 0.6 is 22.7 Å². The highest BCUT2D eigenvalue weighted by Gasteiger charge is 2.26. The standard InChI is InChI=1S/C22H22N4O6S2.C21H20N4O4S/c1-34(29,30)32-11-8-23-21(28)18-19(27)14-6-7-17(25-9-12-31-13-10-25)24-20(14)26-15-4-2-3-5-16(15)33-22(18)26;26-10-7-22-20(28)17-18(27)13-5-6-16(24-8-11-29-12-9-24)23-19(13)25-14-3-1-2-4-15(14)30-21(17)25/h2-7H,8-13H2,1H3,(H,23,28);1-6,26H,7-12H2,(H,22,28). The van der Waals surface area contributed by atoms with Gasteiger partial charge in [0.1, 0.15) is 32.4 Å². The first kappa shape index (κ1) is 43.2. The van der Waals surface area contributed by atoms with Gasteiger partial charge >= 0.3 is 0 Å². The van der Waals surface area contributed by atoms with Crippen molar-refractivity contribution in [1.29, 1.82) is 0 Å². The molecule has 0 aliphatic carbocycles. The molecule has 2 aromatic carbocycles. The van der Waals surface area contributed by atoms with Crippen molar-refractivity contribution >= 4 is 108 Å². The van der Waals surface area contributed by atoms with Crippen LogP contribution in [0.4, 0.5) is 11.6 Å². The molecule has 2 saturated heterocycles. The van der Waals surface area contributed by atoms with Crippen molar-refractivity contribution in [2.75, 3.05) is 95.0 Å². The van der Waals surface area contributed by atoms with E-state index in [1.165, 1.54) is 22.7 Å². The number of nitrogens with one attached hydrogen (secondary N) is 2. The highest BCUT2D eigenvalue weighted by atomic mass is 32.2. The number of hydrogen-bond acceptors (Lipinski definition) is 16. The van der Waals surface area contributed by atoms with E-state index < -0.39 is 27.4 Å². The van der Waals surface area contributed by atoms with Gasteiger partial charge in [-0.05, 0) is 48.5 Å². The number of thiazole rings is 2. The van der Waals surface area contributed by atoms with Crippen molar-refractivity contribution in [3.63, 3.8) is 0 Å². The number of aliphatic hydroxyl groups is 1. The van der Waals surface area contributed by atoms with Gasteiger partial charge in [0.05, 0.1) is 77.1 Å². The average molecular weight is 927 g/mol. The van der Waals surface area contributed by atoms with Gasteiger partial charge in [-0.2, -0.15) is 8.42 Å². The Morgan fingerprint density at radius 1 is 0.688 bits per heavy atom. The molecule has 8 heterocycles. The maximum Gasteiger partial charge on any atom is 0.264 e. The van der Waals surface area contributed by atoms with Crippen LogP contribution in [0.25, 0.3) is 52.2 Å². The molecule has 64 heavy (non-hydrogen) atoms. The Hall–Kier alpha value is -6.07. The maximum atomic E-state index is 13.5. The maximum absolute atomic E-state index is 13.5. The highest BCUT2D eigenvalue weighted by Crippen LogP contribution is 2.33. The number of amides is 2. The van der Waals surface area contributed by atoms with Gasteiger partial charge in [0.15, 0.2) is 11.3 Å². The van der Waals surface area contributed by atoms with Crippen LogP contribution in [0.2, 0.25) is 0 Å². The van der Waals surface area contributed by atoms with Crippen molar-refractivity contribution in [3.8, 4) is 0 Å². The van der Waals surface area contributed by atoms with E-state index in [-0.39, 0.29) is 42.9 Å². The SMILES string of the molecule is CS(=O)(=O)OCCNC(=O)c1c(=O)c2ccc(N3CCOCC3)nc2n2c1sc1ccccc12.O=C(NCCO)c1c(=O)c2ccc(N3CCOCC3)nc2n2c1sc1ccccc12. The van der Waals surface area contributed by atoms with Crippen molar-refractivity contribution < 1.29 is 36.8 Å². The quantitative estimate of drug-likeness (QED) is 0.133. The molecule has 10 rings (SSSR count). The molecule has 21 heteroatoms. The van der Waals surface area contributed by atoms with E-state index in [4.69, 9.17) is 24.5 Å². The number of nitrogens with zero attached hydrogens (tertiary/aromatic N) is 6. The molecule has 18 nitrogen and oxygen atoms in total. The van der Waals surface area contributed by atoms with Crippen LogP contribution in [0.5, 0.6) is 0 Å². The third kappa shape index (κ3) is 8.38. The summed E-state index contributed by atoms with van der Waals surface area (Å²) >= 11 is 2.72. The first-order valence-corrected chi connectivity index (χ1v) is 23.9. The summed E-state index contributed by atoms with van der Waals surface area (Å²) in [5.74, 6) is 0.448. The number of para-hydroxylation sites is 2. The van der Waals surface area contributed by atoms with Crippen LogP contribution in [-0.2, 0) is 23.8 Å². The molecule has 0 unspecified atom stereocenters. The van der Waals surface area contributed by atoms with Crippen LogP contribution in [0, 0.1) is 0 Å². The first-order chi connectivity index (χ1) is 31.0. The van der Waals surface area contributed by atoms with Gasteiger partial charge in [0, 0.05) is 39.3 Å². The number of aromatic nitrogens is 4. The molecule has 332 valence electrons. The monoisotopic (exact) mass is 926 g/mol. The van der Waals surface area contributed by atoms with Crippen molar-refractivity contribution in [2.24, 2.45) is 0 Å². The van der Waals surface area contributed by atoms with E-state index in [0.717, 1.165) is 51.4 Å². The lowest BCUT2D eigenvalue weighted by Gasteiger charge is -2.27. The summed E-state index contributed by atoms with van der Waals surface area (Å²) in [5.41, 5.74) is 2.05. The van der Waals surface area contributed by atoms with Gasteiger partial charge in [-0.3, -0.25) is 32.2 Å². The fourth-order valence-electron chi connectivity index (χ4n) is 7.80. The van der Waals surface area contributed by atoms with E-state index >= 15 is 0 Å². The van der Waals surface area contributed by atoms with Crippen LogP contribution in [0.3, 0.4) is 0 Å². The van der Waals surface area contributed by atoms with Crippen LogP contribution in [0.15, 0.2) is 82.4 Å². The Kier molecular flexibility index (Phi) is 12.3. The molecular formula is C43H42N8O10S3. The van der Waals surface area contributed by atoms with Gasteiger partial charge in [-0.15, -0.1) is 22.7 Å². The number of morpholine rings is 2. The Morgan fingerprint density at radius 3 is 1.56 bits per heavy atom. The lowest BCUT2D eigenvalue weighted by atomic mass is 10.1. The molecule has 2 fully saturated rings. The molecule has 3 N–H and O–H groups in total. The number of carbonyl (C=O) groups is 2. The number of aliphatic hydroxyl groups excluding tert-OH is 1. The topological polar surface area (TPSA) is 215 Å². The Bertz CT molecular complexity index is 3340. The van der Waals surface area contributed by atoms with Crippen molar-refractivity contribution in [2.45, 2.75) is 0 Å². The minimum absolute atomic E-state index is 0.00558. The first-order valence-electron chi connectivity index (χ1n) is 20.4. The summed E-state index contributed by atoms with van der Waals surface area (Å²) < 4.78 is 43.5. The zero-order valence-corrected chi connectivity index (χ0v) is 36.9. The zero-order chi connectivity index (χ0) is 44.5. The molecule has 0 atom stereocenters. The van der Waals surface area contributed by atoms with Gasteiger partial charge < -0.3 is 35.0 Å². The molecule has 8 aromatic rings. The van der Waals surface area contributed by atoms with E-state index in [1.54, 1.807) is 18.2 Å². The molecule has 0 bridgehead atoms. The fraction of sp³-hybridized carbons (Fsp3) is 0.302. The normalized spacial score (nSPS) is 14.7. The minimum Gasteiger partial charge on any atom is -0.395 e. The number of hydrogen-bond donors (Lipinski definition) is 3. The molecule has 2 aliphatic heterocycles. The fourth-order valence-corrected chi connectivity index (χ4v) is 10.5. The predicted octanol–water partition coefficient (Wildman–Crippen LogP) is 3.23. The van der Waals surface area contributed by atoms with Crippen LogP contribution in [0.1, 0.15) is 20.7 Å². The zero-order valence-electron chi connectivity index (χ0n) is 34.4. The van der Waals surface area contributed by atoms with E-state index in [9.17, 15) is 27.6 Å². The lowest BCUT2D eigenvalue weighted by molar-refractivity contribution is 0.0939. The van der Waals surface area contributed by atoms with Gasteiger partial charge in [0.2, 0.25) is 10.9 Å². The second-order valence-corrected chi connectivity index (χ2v) is 18.6. The lowest BCUT2D eigenvalue weighted by Crippen LogP contribution is -2.37. The molecule has 0 saturated carbocycles. The van der Waals surface area contributed by atoms with E-state index in [2.05, 4.69) is 24.6 Å². The summed E-state index contributed by atoms with van der Waals surface area (Å²) in [6, 6.07) is 22.5. The number of ether oxygens (including phenoxy) is 2. The average Bonchev–Trinajstić information content (AvgIpc) is 3.89. The van der Waals surface area contributed by atoms with E-state index in [1.807, 2.05) is 63.4 Å². The number of carbonyl (C=O) groups excluding carboxylic acids is 2. The smallest absolute Gasteiger partial charge is 0.264 e. The van der Waals surface area contributed by atoms with Gasteiger partial charge in [-0.1, -0.05) is 24.3 Å². The van der Waals surface area contributed by atoms with Crippen molar-refractivity contribution in [3.05, 3.63) is 104 Å². The summed E-state index contributed by atoms with van der Waals surface area (Å²) in [7, 11) is -3.62. The summed E-state index contributed by atoms with van der Waals surface area (Å²) in [5, 5.41) is 15.0. The molecule has 6 aromatic heterocycles. The Labute approximate surface area is 372 Å². The molecule has 0 spiro atoms. The Balaban J connectivity index is 0.000000163. The molecule has 2 aliphatic rings. The van der Waals surface area contributed by atoms with Crippen LogP contribution in [-0.4, -0.2) is 129 Å². The summed E-state index contributed by atoms with van der Waals surface area (Å²) in [4.78, 5) is 67.6. The number of pyridine rings is 4.